The second kappa shape index (κ2) is 6.43. The fraction of sp³-hybridized carbons (Fsp3) is 0.375. The fourth-order valence-corrected chi connectivity index (χ4v) is 2.04. The number of carbonyl (C=O) groups excluding carboxylic acids is 1. The lowest BCUT2D eigenvalue weighted by molar-refractivity contribution is -0.139. The number of ether oxygens (including phenoxy) is 2. The Morgan fingerprint density at radius 3 is 2.86 bits per heavy atom. The first-order chi connectivity index (χ1) is 10.0. The second-order valence-electron chi connectivity index (χ2n) is 5.06. The molecule has 112 valence electrons. The van der Waals surface area contributed by atoms with Crippen LogP contribution in [0.25, 0.3) is 5.65 Å². The molecule has 0 N–H and O–H groups in total. The third-order valence-corrected chi connectivity index (χ3v) is 3.18. The first kappa shape index (κ1) is 15.1. The van der Waals surface area contributed by atoms with Crippen molar-refractivity contribution in [2.45, 2.75) is 27.2 Å². The van der Waals surface area contributed by atoms with Gasteiger partial charge in [0.05, 0.1) is 24.9 Å². The Kier molecular flexibility index (Phi) is 4.62. The maximum atomic E-state index is 11.5. The Morgan fingerprint density at radius 1 is 1.43 bits per heavy atom. The maximum absolute atomic E-state index is 11.5. The smallest absolute Gasteiger partial charge is 0.311 e. The van der Waals surface area contributed by atoms with E-state index in [2.05, 4.69) is 4.98 Å². The number of allylic oxidation sites excluding steroid dienone is 1. The zero-order valence-corrected chi connectivity index (χ0v) is 12.8. The summed E-state index contributed by atoms with van der Waals surface area (Å²) in [6.07, 6.45) is 4.08. The lowest BCUT2D eigenvalue weighted by Crippen LogP contribution is -2.08. The number of aromatic nitrogens is 2. The molecule has 0 saturated carbocycles. The molecular weight excluding hydrogens is 268 g/mol. The normalized spacial score (nSPS) is 10.5. The standard InChI is InChI=1S/C16H20N2O3/c1-11(2)7-9-21-14-6-5-8-18-13(10-15(19)20-4)12(3)17-16(14)18/h5-8H,9-10H2,1-4H3. The van der Waals surface area contributed by atoms with Gasteiger partial charge in [0.25, 0.3) is 0 Å². The van der Waals surface area contributed by atoms with Crippen molar-refractivity contribution in [2.75, 3.05) is 13.7 Å². The molecule has 5 nitrogen and oxygen atoms in total. The van der Waals surface area contributed by atoms with Gasteiger partial charge in [-0.05, 0) is 39.0 Å². The van der Waals surface area contributed by atoms with Crippen LogP contribution in [0.3, 0.4) is 0 Å². The first-order valence-corrected chi connectivity index (χ1v) is 6.82. The number of carbonyl (C=O) groups is 1. The van der Waals surface area contributed by atoms with Gasteiger partial charge in [0.15, 0.2) is 11.4 Å². The summed E-state index contributed by atoms with van der Waals surface area (Å²) in [4.78, 5) is 16.0. The van der Waals surface area contributed by atoms with E-state index >= 15 is 0 Å². The Hall–Kier alpha value is -2.30. The zero-order chi connectivity index (χ0) is 15.4. The number of fused-ring (bicyclic) bond motifs is 1. The van der Waals surface area contributed by atoms with Crippen LogP contribution in [0.2, 0.25) is 0 Å². The average molecular weight is 288 g/mol. The lowest BCUT2D eigenvalue weighted by atomic mass is 10.2. The van der Waals surface area contributed by atoms with Gasteiger partial charge in [-0.25, -0.2) is 4.98 Å². The van der Waals surface area contributed by atoms with E-state index in [1.165, 1.54) is 12.7 Å². The first-order valence-electron chi connectivity index (χ1n) is 6.82. The van der Waals surface area contributed by atoms with Crippen LogP contribution in [0.15, 0.2) is 30.0 Å². The van der Waals surface area contributed by atoms with Gasteiger partial charge >= 0.3 is 5.97 Å². The highest BCUT2D eigenvalue weighted by molar-refractivity contribution is 5.73. The molecule has 0 radical (unpaired) electrons. The molecule has 0 saturated heterocycles. The number of imidazole rings is 1. The summed E-state index contributed by atoms with van der Waals surface area (Å²) in [7, 11) is 1.38. The predicted octanol–water partition coefficient (Wildman–Crippen LogP) is 2.70. The van der Waals surface area contributed by atoms with Crippen LogP contribution in [0.4, 0.5) is 0 Å². The quantitative estimate of drug-likeness (QED) is 0.627. The maximum Gasteiger partial charge on any atom is 0.311 e. The predicted molar refractivity (Wildman–Crippen MR) is 80.6 cm³/mol. The molecule has 5 heteroatoms. The third kappa shape index (κ3) is 3.42. The molecule has 2 aromatic rings. The number of esters is 1. The number of aryl methyl sites for hydroxylation is 1. The third-order valence-electron chi connectivity index (χ3n) is 3.18. The molecule has 2 aromatic heterocycles. The number of nitrogens with zero attached hydrogens (tertiary/aromatic N) is 2. The minimum absolute atomic E-state index is 0.195. The van der Waals surface area contributed by atoms with E-state index in [-0.39, 0.29) is 12.4 Å². The van der Waals surface area contributed by atoms with Gasteiger partial charge in [-0.1, -0.05) is 5.57 Å². The van der Waals surface area contributed by atoms with Gasteiger partial charge in [-0.3, -0.25) is 4.79 Å². The zero-order valence-electron chi connectivity index (χ0n) is 12.8. The van der Waals surface area contributed by atoms with Crippen LogP contribution in [0.1, 0.15) is 25.2 Å². The average Bonchev–Trinajstić information content (AvgIpc) is 2.76. The molecule has 0 bridgehead atoms. The van der Waals surface area contributed by atoms with Gasteiger partial charge in [0.2, 0.25) is 0 Å². The van der Waals surface area contributed by atoms with Crippen molar-refractivity contribution < 1.29 is 14.3 Å². The van der Waals surface area contributed by atoms with Crippen molar-refractivity contribution in [3.8, 4) is 5.75 Å². The molecule has 0 amide bonds. The van der Waals surface area contributed by atoms with E-state index < -0.39 is 0 Å². The second-order valence-corrected chi connectivity index (χ2v) is 5.06. The Morgan fingerprint density at radius 2 is 2.19 bits per heavy atom. The highest BCUT2D eigenvalue weighted by atomic mass is 16.5. The van der Waals surface area contributed by atoms with Gasteiger partial charge in [-0.15, -0.1) is 0 Å². The molecule has 0 spiro atoms. The van der Waals surface area contributed by atoms with Crippen LogP contribution in [-0.4, -0.2) is 29.1 Å². The molecule has 0 fully saturated rings. The number of pyridine rings is 1. The summed E-state index contributed by atoms with van der Waals surface area (Å²) >= 11 is 0. The van der Waals surface area contributed by atoms with Crippen LogP contribution < -0.4 is 4.74 Å². The van der Waals surface area contributed by atoms with Gasteiger partial charge < -0.3 is 13.9 Å². The van der Waals surface area contributed by atoms with E-state index in [9.17, 15) is 4.79 Å². The molecule has 0 aromatic carbocycles. The molecule has 2 rings (SSSR count). The van der Waals surface area contributed by atoms with Crippen LogP contribution >= 0.6 is 0 Å². The largest absolute Gasteiger partial charge is 0.486 e. The summed E-state index contributed by atoms with van der Waals surface area (Å²) in [5, 5.41) is 0. The summed E-state index contributed by atoms with van der Waals surface area (Å²) < 4.78 is 12.4. The number of methoxy groups -OCH3 is 1. The highest BCUT2D eigenvalue weighted by Crippen LogP contribution is 2.22. The number of rotatable bonds is 5. The van der Waals surface area contributed by atoms with E-state index in [0.29, 0.717) is 12.4 Å². The molecule has 0 aliphatic carbocycles. The van der Waals surface area contributed by atoms with Crippen molar-refractivity contribution in [2.24, 2.45) is 0 Å². The summed E-state index contributed by atoms with van der Waals surface area (Å²) in [6, 6.07) is 3.76. The van der Waals surface area contributed by atoms with E-state index in [4.69, 9.17) is 9.47 Å². The van der Waals surface area contributed by atoms with Crippen molar-refractivity contribution in [3.05, 3.63) is 41.4 Å². The fourth-order valence-electron chi connectivity index (χ4n) is 2.04. The van der Waals surface area contributed by atoms with E-state index in [0.717, 1.165) is 17.0 Å². The van der Waals surface area contributed by atoms with Crippen LogP contribution in [-0.2, 0) is 16.0 Å². The monoisotopic (exact) mass is 288 g/mol. The highest BCUT2D eigenvalue weighted by Gasteiger charge is 2.15. The minimum Gasteiger partial charge on any atom is -0.486 e. The number of hydrogen-bond donors (Lipinski definition) is 0. The molecule has 2 heterocycles. The molecule has 0 aliphatic heterocycles. The molecular formula is C16H20N2O3. The van der Waals surface area contributed by atoms with E-state index in [1.54, 1.807) is 0 Å². The molecule has 0 aliphatic rings. The van der Waals surface area contributed by atoms with Gasteiger partial charge in [0.1, 0.15) is 6.61 Å². The molecule has 0 atom stereocenters. The summed E-state index contributed by atoms with van der Waals surface area (Å²) in [5.74, 6) is 0.421. The summed E-state index contributed by atoms with van der Waals surface area (Å²) in [6.45, 7) is 6.43. The number of hydrogen-bond acceptors (Lipinski definition) is 4. The Labute approximate surface area is 124 Å². The van der Waals surface area contributed by atoms with Crippen LogP contribution in [0, 0.1) is 6.92 Å². The van der Waals surface area contributed by atoms with E-state index in [1.807, 2.05) is 49.6 Å². The minimum atomic E-state index is -0.282. The van der Waals surface area contributed by atoms with Gasteiger partial charge in [-0.2, -0.15) is 0 Å². The summed E-state index contributed by atoms with van der Waals surface area (Å²) in [5.41, 5.74) is 3.55. The van der Waals surface area contributed by atoms with Crippen molar-refractivity contribution in [1.82, 2.24) is 9.38 Å². The van der Waals surface area contributed by atoms with Gasteiger partial charge in [0, 0.05) is 6.20 Å². The molecule has 21 heavy (non-hydrogen) atoms. The Bertz CT molecular complexity index is 682. The van der Waals surface area contributed by atoms with Crippen molar-refractivity contribution in [3.63, 3.8) is 0 Å². The van der Waals surface area contributed by atoms with Crippen molar-refractivity contribution >= 4 is 11.6 Å². The lowest BCUT2D eigenvalue weighted by Gasteiger charge is -2.06. The van der Waals surface area contributed by atoms with Crippen LogP contribution in [0.5, 0.6) is 5.75 Å². The SMILES string of the molecule is COC(=O)Cc1c(C)nc2c(OCC=C(C)C)cccn12. The van der Waals surface area contributed by atoms with Crippen molar-refractivity contribution in [1.29, 1.82) is 0 Å². The molecule has 0 unspecified atom stereocenters. The Balaban J connectivity index is 2.35. The topological polar surface area (TPSA) is 52.8 Å².